The van der Waals surface area contributed by atoms with Crippen LogP contribution < -0.4 is 19.1 Å². The smallest absolute Gasteiger partial charge is 0.203 e. The van der Waals surface area contributed by atoms with E-state index in [1.165, 1.54) is 0 Å². The first kappa shape index (κ1) is 24.9. The number of phenols is 2. The van der Waals surface area contributed by atoms with Gasteiger partial charge in [0.25, 0.3) is 0 Å². The number of hydrogen-bond donors (Lipinski definition) is 2. The van der Waals surface area contributed by atoms with E-state index in [1.807, 2.05) is 41.3 Å². The van der Waals surface area contributed by atoms with E-state index in [-0.39, 0.29) is 11.5 Å². The van der Waals surface area contributed by atoms with Gasteiger partial charge in [0.05, 0.1) is 27.0 Å². The molecule has 0 amide bonds. The van der Waals surface area contributed by atoms with Gasteiger partial charge in [0.1, 0.15) is 17.3 Å². The standard InChI is InChI=1S/C28H25BrN2O5/c1-34-25-16-18(17-26(35-2)27(25)36-3)28(30-20-6-4-19(29)5-7-20)31(21-8-12-23(32)13-9-21)22-10-14-24(33)15-11-22/h4-17,32-33H,1-3H3. The molecule has 0 aliphatic carbocycles. The second-order valence-corrected chi connectivity index (χ2v) is 8.61. The van der Waals surface area contributed by atoms with Gasteiger partial charge in [0.2, 0.25) is 5.75 Å². The molecule has 4 aromatic rings. The van der Waals surface area contributed by atoms with Crippen LogP contribution in [0.4, 0.5) is 17.1 Å². The molecule has 184 valence electrons. The summed E-state index contributed by atoms with van der Waals surface area (Å²) in [6.45, 7) is 0. The van der Waals surface area contributed by atoms with E-state index >= 15 is 0 Å². The van der Waals surface area contributed by atoms with E-state index in [1.54, 1.807) is 69.9 Å². The molecule has 36 heavy (non-hydrogen) atoms. The van der Waals surface area contributed by atoms with Crippen LogP contribution in [0.25, 0.3) is 0 Å². The zero-order chi connectivity index (χ0) is 25.7. The minimum atomic E-state index is 0.142. The summed E-state index contributed by atoms with van der Waals surface area (Å²) in [7, 11) is 4.67. The van der Waals surface area contributed by atoms with Crippen molar-refractivity contribution in [3.63, 3.8) is 0 Å². The molecule has 2 N–H and O–H groups in total. The van der Waals surface area contributed by atoms with Crippen LogP contribution in [0, 0.1) is 0 Å². The van der Waals surface area contributed by atoms with Crippen molar-refractivity contribution in [2.75, 3.05) is 26.2 Å². The van der Waals surface area contributed by atoms with Gasteiger partial charge >= 0.3 is 0 Å². The number of hydrogen-bond acceptors (Lipinski definition) is 6. The molecule has 4 rings (SSSR count). The number of aliphatic imine (C=N–C) groups is 1. The average molecular weight is 549 g/mol. The van der Waals surface area contributed by atoms with Crippen LogP contribution in [0.2, 0.25) is 0 Å². The van der Waals surface area contributed by atoms with E-state index in [2.05, 4.69) is 15.9 Å². The molecular formula is C28H25BrN2O5. The normalized spacial score (nSPS) is 11.2. The van der Waals surface area contributed by atoms with Gasteiger partial charge in [-0.05, 0) is 84.9 Å². The number of rotatable bonds is 7. The molecule has 0 radical (unpaired) electrons. The lowest BCUT2D eigenvalue weighted by Crippen LogP contribution is -2.27. The molecule has 0 fully saturated rings. The summed E-state index contributed by atoms with van der Waals surface area (Å²) in [6, 6.07) is 24.9. The lowest BCUT2D eigenvalue weighted by atomic mass is 10.1. The number of ether oxygens (including phenoxy) is 3. The number of anilines is 2. The van der Waals surface area contributed by atoms with Crippen LogP contribution >= 0.6 is 15.9 Å². The van der Waals surface area contributed by atoms with Gasteiger partial charge in [0, 0.05) is 21.4 Å². The minimum absolute atomic E-state index is 0.142. The van der Waals surface area contributed by atoms with Crippen molar-refractivity contribution >= 4 is 38.8 Å². The maximum atomic E-state index is 9.92. The van der Waals surface area contributed by atoms with Crippen molar-refractivity contribution in [3.05, 3.63) is 95.0 Å². The molecule has 8 heteroatoms. The number of nitrogens with zero attached hydrogens (tertiary/aromatic N) is 2. The predicted octanol–water partition coefficient (Wildman–Crippen LogP) is 6.80. The monoisotopic (exact) mass is 548 g/mol. The summed E-state index contributed by atoms with van der Waals surface area (Å²) in [6.07, 6.45) is 0. The molecule has 7 nitrogen and oxygen atoms in total. The Morgan fingerprint density at radius 3 is 1.58 bits per heavy atom. The molecule has 0 saturated carbocycles. The fraction of sp³-hybridized carbons (Fsp3) is 0.107. The molecule has 0 aliphatic heterocycles. The van der Waals surface area contributed by atoms with E-state index < -0.39 is 0 Å². The van der Waals surface area contributed by atoms with Crippen LogP contribution in [0.5, 0.6) is 28.7 Å². The SMILES string of the molecule is COc1cc(C(=Nc2ccc(Br)cc2)N(c2ccc(O)cc2)c2ccc(O)cc2)cc(OC)c1OC. The summed E-state index contributed by atoms with van der Waals surface area (Å²) in [5.41, 5.74) is 2.88. The Bertz CT molecular complexity index is 1280. The molecule has 4 aromatic carbocycles. The molecule has 0 heterocycles. The largest absolute Gasteiger partial charge is 0.508 e. The zero-order valence-electron chi connectivity index (χ0n) is 20.0. The first-order valence-corrected chi connectivity index (χ1v) is 11.8. The number of methoxy groups -OCH3 is 3. The van der Waals surface area contributed by atoms with Crippen LogP contribution in [-0.2, 0) is 0 Å². The highest BCUT2D eigenvalue weighted by Gasteiger charge is 2.23. The highest BCUT2D eigenvalue weighted by Crippen LogP contribution is 2.40. The maximum Gasteiger partial charge on any atom is 0.203 e. The Morgan fingerprint density at radius 2 is 1.17 bits per heavy atom. The van der Waals surface area contributed by atoms with Crippen molar-refractivity contribution in [2.24, 2.45) is 4.99 Å². The minimum Gasteiger partial charge on any atom is -0.508 e. The number of phenolic OH excluding ortho intramolecular Hbond substituents is 2. The first-order chi connectivity index (χ1) is 17.4. The maximum absolute atomic E-state index is 9.92. The van der Waals surface area contributed by atoms with Crippen molar-refractivity contribution < 1.29 is 24.4 Å². The van der Waals surface area contributed by atoms with Crippen molar-refractivity contribution in [3.8, 4) is 28.7 Å². The van der Waals surface area contributed by atoms with E-state index in [4.69, 9.17) is 19.2 Å². The van der Waals surface area contributed by atoms with Gasteiger partial charge in [-0.2, -0.15) is 0 Å². The Hall–Kier alpha value is -4.17. The van der Waals surface area contributed by atoms with Crippen molar-refractivity contribution in [1.82, 2.24) is 0 Å². The molecule has 0 bridgehead atoms. The lowest BCUT2D eigenvalue weighted by molar-refractivity contribution is 0.324. The highest BCUT2D eigenvalue weighted by atomic mass is 79.9. The van der Waals surface area contributed by atoms with Crippen LogP contribution in [0.3, 0.4) is 0 Å². The fourth-order valence-corrected chi connectivity index (χ4v) is 3.95. The summed E-state index contributed by atoms with van der Waals surface area (Å²) < 4.78 is 17.7. The van der Waals surface area contributed by atoms with Gasteiger partial charge in [0.15, 0.2) is 11.5 Å². The van der Waals surface area contributed by atoms with Crippen LogP contribution in [-0.4, -0.2) is 37.4 Å². The zero-order valence-corrected chi connectivity index (χ0v) is 21.6. The molecule has 0 aliphatic rings. The number of halogens is 1. The number of amidine groups is 1. The van der Waals surface area contributed by atoms with Crippen molar-refractivity contribution in [1.29, 1.82) is 0 Å². The van der Waals surface area contributed by atoms with E-state index in [0.29, 0.717) is 34.3 Å². The Labute approximate surface area is 218 Å². The number of aromatic hydroxyl groups is 2. The summed E-state index contributed by atoms with van der Waals surface area (Å²) >= 11 is 3.47. The Morgan fingerprint density at radius 1 is 0.694 bits per heavy atom. The molecular weight excluding hydrogens is 524 g/mol. The third kappa shape index (κ3) is 5.39. The van der Waals surface area contributed by atoms with E-state index in [9.17, 15) is 10.2 Å². The summed E-state index contributed by atoms with van der Waals surface area (Å²) in [5.74, 6) is 2.26. The van der Waals surface area contributed by atoms with Gasteiger partial charge in [-0.25, -0.2) is 4.99 Å². The van der Waals surface area contributed by atoms with E-state index in [0.717, 1.165) is 15.8 Å². The van der Waals surface area contributed by atoms with Crippen LogP contribution in [0.1, 0.15) is 5.56 Å². The molecule has 0 aromatic heterocycles. The average Bonchev–Trinajstić information content (AvgIpc) is 2.90. The first-order valence-electron chi connectivity index (χ1n) is 11.0. The second kappa shape index (κ2) is 11.0. The third-order valence-corrected chi connectivity index (χ3v) is 5.94. The van der Waals surface area contributed by atoms with Gasteiger partial charge in [-0.3, -0.25) is 4.90 Å². The van der Waals surface area contributed by atoms with Crippen LogP contribution in [0.15, 0.2) is 94.4 Å². The van der Waals surface area contributed by atoms with Gasteiger partial charge < -0.3 is 24.4 Å². The highest BCUT2D eigenvalue weighted by molar-refractivity contribution is 9.10. The molecule has 0 unspecified atom stereocenters. The van der Waals surface area contributed by atoms with Gasteiger partial charge in [-0.15, -0.1) is 0 Å². The molecule has 0 atom stereocenters. The quantitative estimate of drug-likeness (QED) is 0.195. The Balaban J connectivity index is 2.02. The predicted molar refractivity (Wildman–Crippen MR) is 145 cm³/mol. The Kier molecular flexibility index (Phi) is 7.65. The molecule has 0 spiro atoms. The van der Waals surface area contributed by atoms with Gasteiger partial charge in [-0.1, -0.05) is 15.9 Å². The number of benzene rings is 4. The fourth-order valence-electron chi connectivity index (χ4n) is 3.69. The topological polar surface area (TPSA) is 83.8 Å². The molecule has 0 saturated heterocycles. The summed E-state index contributed by atoms with van der Waals surface area (Å²) in [5, 5.41) is 19.8. The van der Waals surface area contributed by atoms with Crippen molar-refractivity contribution in [2.45, 2.75) is 0 Å². The third-order valence-electron chi connectivity index (χ3n) is 5.41. The summed E-state index contributed by atoms with van der Waals surface area (Å²) in [4.78, 5) is 6.94. The second-order valence-electron chi connectivity index (χ2n) is 7.69. The lowest BCUT2D eigenvalue weighted by Gasteiger charge is -2.28.